The van der Waals surface area contributed by atoms with Crippen LogP contribution in [0.1, 0.15) is 145 Å². The maximum Gasteiger partial charge on any atom is 0.306 e. The summed E-state index contributed by atoms with van der Waals surface area (Å²) in [7, 11) is 0. The molecule has 6 aliphatic rings. The molecule has 0 aromatic carbocycles. The molecule has 1 aromatic rings. The maximum atomic E-state index is 13.9. The van der Waals surface area contributed by atoms with Crippen LogP contribution in [0.5, 0.6) is 0 Å². The zero-order chi connectivity index (χ0) is 41.7. The lowest BCUT2D eigenvalue weighted by molar-refractivity contribution is -0.193. The minimum Gasteiger partial charge on any atom is -0.481 e. The van der Waals surface area contributed by atoms with E-state index >= 15 is 0 Å². The predicted molar refractivity (Wildman–Crippen MR) is 226 cm³/mol. The van der Waals surface area contributed by atoms with Gasteiger partial charge in [-0.3, -0.25) is 24.2 Å². The Kier molecular flexibility index (Phi) is 12.5. The molecule has 57 heavy (non-hydrogen) atoms. The molecule has 5 saturated carbocycles. The zero-order valence-electron chi connectivity index (χ0n) is 37.0. The van der Waals surface area contributed by atoms with Crippen LogP contribution in [0.3, 0.4) is 0 Å². The van der Waals surface area contributed by atoms with Crippen LogP contribution >= 0.6 is 0 Å². The van der Waals surface area contributed by atoms with Gasteiger partial charge in [0.1, 0.15) is 5.78 Å². The molecular formula is C49H75N3O5. The number of carbonyl (C=O) groups is 4. The second-order valence-corrected chi connectivity index (χ2v) is 21.8. The van der Waals surface area contributed by atoms with Crippen LogP contribution in [-0.4, -0.2) is 52.7 Å². The Morgan fingerprint density at radius 3 is 2.32 bits per heavy atom. The van der Waals surface area contributed by atoms with Crippen LogP contribution in [0, 0.1) is 81.8 Å². The molecule has 1 amide bonds. The number of aryl methyl sites for hydroxylation is 1. The lowest BCUT2D eigenvalue weighted by Gasteiger charge is -2.69. The molecule has 6 aliphatic carbocycles. The summed E-state index contributed by atoms with van der Waals surface area (Å²) in [6.45, 7) is 24.2. The fourth-order valence-corrected chi connectivity index (χ4v) is 14.5. The number of allylic oxidation sites excluding steroid dienone is 2. The third-order valence-corrected chi connectivity index (χ3v) is 17.5. The van der Waals surface area contributed by atoms with Gasteiger partial charge in [0.15, 0.2) is 5.78 Å². The summed E-state index contributed by atoms with van der Waals surface area (Å²) in [5.41, 5.74) is 4.12. The number of amides is 1. The van der Waals surface area contributed by atoms with Crippen molar-refractivity contribution < 1.29 is 24.3 Å². The van der Waals surface area contributed by atoms with Gasteiger partial charge in [-0.1, -0.05) is 60.1 Å². The smallest absolute Gasteiger partial charge is 0.306 e. The summed E-state index contributed by atoms with van der Waals surface area (Å²) < 4.78 is 0. The van der Waals surface area contributed by atoms with E-state index in [1.807, 2.05) is 46.0 Å². The molecule has 1 heterocycles. The number of carbonyl (C=O) groups excluding carboxylic acids is 3. The number of nitrogens with one attached hydrogen (secondary N) is 2. The van der Waals surface area contributed by atoms with E-state index in [9.17, 15) is 24.3 Å². The molecule has 0 radical (unpaired) electrons. The number of rotatable bonds is 12. The number of fused-ring (bicyclic) bond motifs is 7. The normalized spacial score (nSPS) is 38.1. The Hall–Kier alpha value is -2.87. The van der Waals surface area contributed by atoms with E-state index in [1.165, 1.54) is 44.1 Å². The number of aliphatic carboxylic acids is 1. The summed E-state index contributed by atoms with van der Waals surface area (Å²) in [6.07, 6.45) is 16.6. The van der Waals surface area contributed by atoms with Crippen molar-refractivity contribution in [3.05, 3.63) is 41.2 Å². The van der Waals surface area contributed by atoms with Gasteiger partial charge in [-0.25, -0.2) is 0 Å². The highest BCUT2D eigenvalue weighted by Crippen LogP contribution is 2.74. The van der Waals surface area contributed by atoms with Crippen LogP contribution < -0.4 is 10.6 Å². The molecule has 7 rings (SSSR count). The van der Waals surface area contributed by atoms with E-state index in [4.69, 9.17) is 0 Å². The SMILES string of the molecule is CC(C)C1=C2C3CCC4C(C)(CCC5C(C)(C)C(CC(=O)C6CC(C(=O)O)C6C)CCC54C)C3CCC2(CCNCC(C)(C)NC=O)CC1=O.Cc1cccnc1. The lowest BCUT2D eigenvalue weighted by Crippen LogP contribution is -2.62. The van der Waals surface area contributed by atoms with E-state index in [0.717, 1.165) is 37.8 Å². The number of aromatic nitrogens is 1. The van der Waals surface area contributed by atoms with Crippen LogP contribution in [0.2, 0.25) is 0 Å². The first kappa shape index (κ1) is 43.7. The van der Waals surface area contributed by atoms with Gasteiger partial charge in [-0.2, -0.15) is 0 Å². The van der Waals surface area contributed by atoms with Crippen molar-refractivity contribution in [2.45, 2.75) is 152 Å². The third-order valence-electron chi connectivity index (χ3n) is 17.5. The highest BCUT2D eigenvalue weighted by molar-refractivity contribution is 6.00. The molecule has 316 valence electrons. The Balaban J connectivity index is 0.000000708. The van der Waals surface area contributed by atoms with E-state index in [-0.39, 0.29) is 50.9 Å². The molecule has 11 atom stereocenters. The molecule has 1 aromatic heterocycles. The van der Waals surface area contributed by atoms with Crippen molar-refractivity contribution in [2.24, 2.45) is 74.9 Å². The number of ketones is 2. The first-order chi connectivity index (χ1) is 26.7. The molecule has 0 spiro atoms. The molecule has 0 bridgehead atoms. The number of hydrogen-bond donors (Lipinski definition) is 3. The standard InChI is InChI=1S/C43H68N2O5.C6H7N/c1-25(2)36-33(48)22-43(18-19-44-23-39(4,5)45-24-46)17-13-31-28(37(36)43)10-11-35-41(31,8)16-14-34-40(6,7)27(12-15-42(34,35)9)20-32(47)29-21-30(26(29)3)38(49)50;1-6-3-2-4-7-5-6/h24-31,34-35,44H,10-23H2,1-9H3,(H,45,46)(H,49,50);2-5H,1H3. The molecule has 5 fully saturated rings. The Bertz CT molecular complexity index is 1700. The average molecular weight is 786 g/mol. The second-order valence-electron chi connectivity index (χ2n) is 21.8. The maximum absolute atomic E-state index is 13.9. The molecule has 8 heteroatoms. The number of Topliss-reactive ketones (excluding diaryl/α,β-unsaturated/α-hetero) is 2. The number of pyridine rings is 1. The zero-order valence-corrected chi connectivity index (χ0v) is 37.0. The van der Waals surface area contributed by atoms with Gasteiger partial charge in [-0.15, -0.1) is 0 Å². The quantitative estimate of drug-likeness (QED) is 0.142. The molecular weight excluding hydrogens is 711 g/mol. The van der Waals surface area contributed by atoms with Crippen molar-refractivity contribution >= 4 is 23.9 Å². The number of carboxylic acids is 1. The van der Waals surface area contributed by atoms with Crippen molar-refractivity contribution in [1.29, 1.82) is 0 Å². The van der Waals surface area contributed by atoms with Crippen LogP contribution in [0.25, 0.3) is 0 Å². The minimum absolute atomic E-state index is 0.0353. The van der Waals surface area contributed by atoms with E-state index in [0.29, 0.717) is 67.0 Å². The van der Waals surface area contributed by atoms with E-state index in [2.05, 4.69) is 57.2 Å². The highest BCUT2D eigenvalue weighted by Gasteiger charge is 2.66. The topological polar surface area (TPSA) is 125 Å². The predicted octanol–water partition coefficient (Wildman–Crippen LogP) is 9.40. The largest absolute Gasteiger partial charge is 0.481 e. The molecule has 3 N–H and O–H groups in total. The van der Waals surface area contributed by atoms with Gasteiger partial charge < -0.3 is 15.7 Å². The molecule has 11 unspecified atom stereocenters. The van der Waals surface area contributed by atoms with Crippen LogP contribution in [0.4, 0.5) is 0 Å². The average Bonchev–Trinajstić information content (AvgIpc) is 3.43. The van der Waals surface area contributed by atoms with E-state index in [1.54, 1.807) is 11.8 Å². The van der Waals surface area contributed by atoms with E-state index < -0.39 is 5.97 Å². The Labute approximate surface area is 344 Å². The number of nitrogens with zero attached hydrogens (tertiary/aromatic N) is 1. The number of hydrogen-bond acceptors (Lipinski definition) is 6. The van der Waals surface area contributed by atoms with Gasteiger partial charge in [0.05, 0.1) is 5.92 Å². The molecule has 0 saturated heterocycles. The fourth-order valence-electron chi connectivity index (χ4n) is 14.5. The summed E-state index contributed by atoms with van der Waals surface area (Å²) >= 11 is 0. The first-order valence-corrected chi connectivity index (χ1v) is 22.5. The van der Waals surface area contributed by atoms with Crippen LogP contribution in [0.15, 0.2) is 35.7 Å². The number of carboxylic acid groups (broad SMARTS) is 1. The highest BCUT2D eigenvalue weighted by atomic mass is 16.4. The van der Waals surface area contributed by atoms with Gasteiger partial charge in [0.25, 0.3) is 0 Å². The lowest BCUT2D eigenvalue weighted by atomic mass is 9.35. The van der Waals surface area contributed by atoms with Crippen molar-refractivity contribution in [2.75, 3.05) is 13.1 Å². The summed E-state index contributed by atoms with van der Waals surface area (Å²) in [6, 6.07) is 3.95. The second kappa shape index (κ2) is 16.3. The monoisotopic (exact) mass is 786 g/mol. The Morgan fingerprint density at radius 2 is 1.72 bits per heavy atom. The minimum atomic E-state index is -0.753. The van der Waals surface area contributed by atoms with Crippen LogP contribution in [-0.2, 0) is 19.2 Å². The van der Waals surface area contributed by atoms with Gasteiger partial charge in [0.2, 0.25) is 6.41 Å². The van der Waals surface area contributed by atoms with Gasteiger partial charge in [-0.05, 0) is 166 Å². The molecule has 8 nitrogen and oxygen atoms in total. The molecule has 0 aliphatic heterocycles. The van der Waals surface area contributed by atoms with Crippen molar-refractivity contribution in [3.63, 3.8) is 0 Å². The van der Waals surface area contributed by atoms with Crippen molar-refractivity contribution in [1.82, 2.24) is 15.6 Å². The third kappa shape index (κ3) is 7.96. The van der Waals surface area contributed by atoms with Gasteiger partial charge in [0, 0.05) is 48.7 Å². The summed E-state index contributed by atoms with van der Waals surface area (Å²) in [4.78, 5) is 54.0. The first-order valence-electron chi connectivity index (χ1n) is 22.5. The summed E-state index contributed by atoms with van der Waals surface area (Å²) in [5, 5.41) is 16.0. The van der Waals surface area contributed by atoms with Gasteiger partial charge >= 0.3 is 5.97 Å². The summed E-state index contributed by atoms with van der Waals surface area (Å²) in [5.74, 6) is 2.38. The fraction of sp³-hybridized carbons (Fsp3) is 0.776. The van der Waals surface area contributed by atoms with Crippen molar-refractivity contribution in [3.8, 4) is 0 Å². The Morgan fingerprint density at radius 1 is 1.00 bits per heavy atom.